The van der Waals surface area contributed by atoms with Crippen molar-refractivity contribution in [2.24, 2.45) is 0 Å². The van der Waals surface area contributed by atoms with Crippen molar-refractivity contribution in [1.29, 1.82) is 0 Å². The summed E-state index contributed by atoms with van der Waals surface area (Å²) >= 11 is 17.7. The van der Waals surface area contributed by atoms with Crippen LogP contribution in [0.25, 0.3) is 98.4 Å². The zero-order valence-corrected chi connectivity index (χ0v) is 84.3. The number of aromatic nitrogens is 8. The van der Waals surface area contributed by atoms with E-state index in [1.807, 2.05) is 98.3 Å². The molecular formula is C120H93Br5N8O8. The number of phenols is 8. The summed E-state index contributed by atoms with van der Waals surface area (Å²) in [6, 6.07) is 99.7. The largest absolute Gasteiger partial charge is 0.508 e. The molecule has 8 aromatic heterocycles. The summed E-state index contributed by atoms with van der Waals surface area (Å²) in [5.41, 5.74) is 33.7. The lowest BCUT2D eigenvalue weighted by Crippen LogP contribution is -2.04. The van der Waals surface area contributed by atoms with Crippen LogP contribution in [-0.4, -0.2) is 80.7 Å². The molecule has 2 aliphatic rings. The van der Waals surface area contributed by atoms with E-state index in [2.05, 4.69) is 358 Å². The topological polar surface area (TPSA) is 288 Å². The van der Waals surface area contributed by atoms with E-state index in [-0.39, 0.29) is 58.3 Å². The first kappa shape index (κ1) is 92.3. The van der Waals surface area contributed by atoms with Crippen LogP contribution < -0.4 is 0 Å². The van der Waals surface area contributed by atoms with Crippen molar-refractivity contribution in [2.45, 2.75) is 63.2 Å². The Morgan fingerprint density at radius 1 is 0.220 bits per heavy atom. The molecule has 16 nitrogen and oxygen atoms in total. The molecule has 2 aliphatic carbocycles. The normalized spacial score (nSPS) is 13.2. The predicted octanol–water partition coefficient (Wildman–Crippen LogP) is 31.7. The van der Waals surface area contributed by atoms with Crippen molar-refractivity contribution >= 4 is 178 Å². The van der Waals surface area contributed by atoms with E-state index < -0.39 is 11.5 Å². The first-order chi connectivity index (χ1) is 68.5. The number of hydrogen-bond donors (Lipinski definition) is 16. The molecule has 25 rings (SSSR count). The number of rotatable bonds is 15. The van der Waals surface area contributed by atoms with E-state index in [9.17, 15) is 40.9 Å². The molecule has 5 atom stereocenters. The summed E-state index contributed by atoms with van der Waals surface area (Å²) in [7, 11) is 0. The Balaban J connectivity index is 0.000000104. The molecule has 141 heavy (non-hydrogen) atoms. The third-order valence-corrected chi connectivity index (χ3v) is 29.8. The maximum atomic E-state index is 10.8. The van der Waals surface area contributed by atoms with Crippen molar-refractivity contribution in [3.05, 3.63) is 493 Å². The lowest BCUT2D eigenvalue weighted by atomic mass is 9.82. The summed E-state index contributed by atoms with van der Waals surface area (Å²) < 4.78 is 5.08. The van der Waals surface area contributed by atoms with Gasteiger partial charge in [0.25, 0.3) is 0 Å². The van der Waals surface area contributed by atoms with Gasteiger partial charge in [-0.15, -0.1) is 0 Å². The molecule has 0 spiro atoms. The van der Waals surface area contributed by atoms with Gasteiger partial charge in [0, 0.05) is 200 Å². The third-order valence-electron chi connectivity index (χ3n) is 27.3. The number of hydrogen-bond acceptors (Lipinski definition) is 8. The minimum atomic E-state index is -0.519. The predicted molar refractivity (Wildman–Crippen MR) is 587 cm³/mol. The number of para-hydroxylation sites is 2. The molecule has 16 N–H and O–H groups in total. The van der Waals surface area contributed by atoms with Gasteiger partial charge in [0.15, 0.2) is 34.5 Å². The van der Waals surface area contributed by atoms with Crippen LogP contribution >= 0.6 is 79.6 Å². The molecule has 23 aromatic rings. The van der Waals surface area contributed by atoms with Crippen molar-refractivity contribution in [2.75, 3.05) is 0 Å². The Morgan fingerprint density at radius 3 is 0.901 bits per heavy atom. The standard InChI is InChI=1S/C24H18Br2N2.C24H19BrN2O3.C24H19BrN2O.C24H18BrNO.C24H19NO3/c1-14-2-8-18-20(12-27-22(18)10-14)24(15-3-5-16(25)6-4-15)21-13-28-23-11-17(26)7-9-19(21)23;1-12-2-4-15-17(10-26-19(15)6-12)23(13-7-21(28)24(30)22(29)8-13)18-11-27-20-9-14(25)3-5-16(18)20;1-14-2-8-18-20(12-26-22(18)10-14)24(15-3-5-16(25)6-4-15)21-13-27-23-11-17(28)7-9-19(21)23;25-16-10-12-20(23(27)13-16)24(19-11-9-15-5-1-2-6-17(15)19)21-14-26-22-8-4-3-7-18(21)22;26-21-11-15(12-22(27)24(21)28)23(18-10-9-14-5-1-2-6-16(14)18)19-13-25-20-8-4-3-7-17(19)20/h2-13,24,27-28H,1H3;2-11,23,26-30H,1H3;2-13,24,26-28H,1H3;1-8,10-14,24,26-27H,9H2;1-8,10-13,23,25-28H,9H2. The van der Waals surface area contributed by atoms with Gasteiger partial charge in [0.2, 0.25) is 0 Å². The van der Waals surface area contributed by atoms with Crippen LogP contribution in [0.1, 0.15) is 141 Å². The van der Waals surface area contributed by atoms with Gasteiger partial charge >= 0.3 is 0 Å². The average molecular weight is 2170 g/mol. The number of halogens is 5. The maximum absolute atomic E-state index is 10.8. The lowest BCUT2D eigenvalue weighted by Gasteiger charge is -2.21. The first-order valence-electron chi connectivity index (χ1n) is 46.2. The van der Waals surface area contributed by atoms with Gasteiger partial charge in [0.1, 0.15) is 11.5 Å². The Labute approximate surface area is 853 Å². The maximum Gasteiger partial charge on any atom is 0.200 e. The van der Waals surface area contributed by atoms with Crippen LogP contribution in [0, 0.1) is 20.8 Å². The van der Waals surface area contributed by atoms with E-state index in [0.29, 0.717) is 11.3 Å². The Kier molecular flexibility index (Phi) is 25.5. The lowest BCUT2D eigenvalue weighted by molar-refractivity contribution is 0.367. The van der Waals surface area contributed by atoms with Crippen LogP contribution in [0.4, 0.5) is 0 Å². The number of aryl methyl sites for hydroxylation is 3. The van der Waals surface area contributed by atoms with Gasteiger partial charge in [-0.2, -0.15) is 0 Å². The summed E-state index contributed by atoms with van der Waals surface area (Å²) in [4.78, 5) is 27.1. The number of nitrogens with one attached hydrogen (secondary N) is 8. The summed E-state index contributed by atoms with van der Waals surface area (Å²) in [6.07, 6.45) is 22.8. The summed E-state index contributed by atoms with van der Waals surface area (Å²) in [5, 5.41) is 90.2. The highest BCUT2D eigenvalue weighted by Crippen LogP contribution is 2.53. The second-order valence-electron chi connectivity index (χ2n) is 36.1. The number of benzene rings is 15. The average Bonchev–Trinajstić information content (AvgIpc) is 1.62. The molecule has 0 saturated heterocycles. The molecule has 21 heteroatoms. The van der Waals surface area contributed by atoms with Gasteiger partial charge in [0.05, 0.1) is 0 Å². The van der Waals surface area contributed by atoms with E-state index in [4.69, 9.17) is 0 Å². The van der Waals surface area contributed by atoms with E-state index >= 15 is 0 Å². The van der Waals surface area contributed by atoms with Gasteiger partial charge in [-0.1, -0.05) is 256 Å². The highest BCUT2D eigenvalue weighted by atomic mass is 79.9. The zero-order valence-electron chi connectivity index (χ0n) is 76.3. The smallest absolute Gasteiger partial charge is 0.200 e. The number of aromatic amines is 8. The molecule has 0 radical (unpaired) electrons. The van der Waals surface area contributed by atoms with E-state index in [0.717, 1.165) is 134 Å². The van der Waals surface area contributed by atoms with Gasteiger partial charge in [-0.3, -0.25) is 0 Å². The highest BCUT2D eigenvalue weighted by molar-refractivity contribution is 9.11. The highest BCUT2D eigenvalue weighted by Gasteiger charge is 2.34. The molecule has 0 amide bonds. The number of H-pyrrole nitrogens is 8. The molecule has 8 heterocycles. The Bertz CT molecular complexity index is 8300. The van der Waals surface area contributed by atoms with Crippen LogP contribution in [0.15, 0.2) is 381 Å². The summed E-state index contributed by atoms with van der Waals surface area (Å²) in [6.45, 7) is 6.28. The second-order valence-corrected chi connectivity index (χ2v) is 40.7. The summed E-state index contributed by atoms with van der Waals surface area (Å²) in [5.74, 6) is -2.10. The van der Waals surface area contributed by atoms with Crippen molar-refractivity contribution in [1.82, 2.24) is 39.9 Å². The SMILES string of the molecule is Cc1ccc2c(C(c3cc(O)c(O)c(O)c3)c3c[nH]c4cc(Br)ccc34)c[nH]c2c1.Cc1ccc2c(C(c3ccc(Br)cc3)c3c[nH]c4cc(Br)ccc34)c[nH]c2c1.Cc1ccc2c(C(c3ccc(Br)cc3)c3c[nH]c4cc(O)ccc34)c[nH]c2c1.Oc1cc(Br)ccc1C(C1=CCc2ccccc21)c1c[nH]c2ccccc12.Oc1cc(C(C2=CCc3ccccc32)c2c[nH]c3ccccc23)cc(O)c1O. The second kappa shape index (κ2) is 38.9. The minimum absolute atomic E-state index is 0.0297. The monoisotopic (exact) mass is 2170 g/mol. The third kappa shape index (κ3) is 18.2. The molecule has 696 valence electrons. The van der Waals surface area contributed by atoms with Gasteiger partial charge in [-0.05, 0) is 278 Å². The number of allylic oxidation sites excluding steroid dienone is 4. The Hall–Kier alpha value is -15.1. The molecule has 0 bridgehead atoms. The van der Waals surface area contributed by atoms with Crippen LogP contribution in [0.2, 0.25) is 0 Å². The number of fused-ring (bicyclic) bond motifs is 10. The minimum Gasteiger partial charge on any atom is -0.508 e. The molecular weight excluding hydrogens is 2080 g/mol. The van der Waals surface area contributed by atoms with Crippen molar-refractivity contribution in [3.63, 3.8) is 0 Å². The number of aromatic hydroxyl groups is 8. The fraction of sp³-hybridized carbons (Fsp3) is 0.0833. The fourth-order valence-electron chi connectivity index (χ4n) is 20.7. The molecule has 15 aromatic carbocycles. The quantitative estimate of drug-likeness (QED) is 0.0437. The molecule has 5 unspecified atom stereocenters. The first-order valence-corrected chi connectivity index (χ1v) is 50.2. The molecule has 0 fully saturated rings. The van der Waals surface area contributed by atoms with E-state index in [1.165, 1.54) is 129 Å². The fourth-order valence-corrected chi connectivity index (χ4v) is 22.3. The van der Waals surface area contributed by atoms with Crippen LogP contribution in [0.5, 0.6) is 46.0 Å². The molecule has 0 saturated carbocycles. The van der Waals surface area contributed by atoms with Crippen LogP contribution in [-0.2, 0) is 12.8 Å². The van der Waals surface area contributed by atoms with Crippen molar-refractivity contribution < 1.29 is 40.9 Å². The van der Waals surface area contributed by atoms with Gasteiger partial charge < -0.3 is 80.7 Å². The number of phenolic OH excluding ortho intramolecular Hbond substituents is 8. The Morgan fingerprint density at radius 2 is 0.504 bits per heavy atom. The van der Waals surface area contributed by atoms with E-state index in [1.54, 1.807) is 18.2 Å². The molecule has 0 aliphatic heterocycles. The van der Waals surface area contributed by atoms with Crippen LogP contribution in [0.3, 0.4) is 0 Å². The van der Waals surface area contributed by atoms with Crippen molar-refractivity contribution in [3.8, 4) is 46.0 Å². The van der Waals surface area contributed by atoms with Gasteiger partial charge in [-0.25, -0.2) is 0 Å². The zero-order chi connectivity index (χ0) is 97.1.